The van der Waals surface area contributed by atoms with E-state index in [1.165, 1.54) is 16.7 Å². The SMILES string of the molecule is O=C(CSc1nc2c([nH]c3ccccc32)c(=O)n1-c1cccc(Cl)c1)NCc1ccc(F)cc1. The number of nitrogens with one attached hydrogen (secondary N) is 2. The topological polar surface area (TPSA) is 79.8 Å². The molecule has 0 fully saturated rings. The fourth-order valence-electron chi connectivity index (χ4n) is 3.67. The van der Waals surface area contributed by atoms with Crippen LogP contribution < -0.4 is 10.9 Å². The van der Waals surface area contributed by atoms with Crippen LogP contribution in [0.5, 0.6) is 0 Å². The van der Waals surface area contributed by atoms with Crippen molar-refractivity contribution in [1.82, 2.24) is 19.9 Å². The quantitative estimate of drug-likeness (QED) is 0.256. The van der Waals surface area contributed by atoms with E-state index in [0.29, 0.717) is 26.9 Å². The normalized spacial score (nSPS) is 11.2. The number of carbonyl (C=O) groups excluding carboxylic acids is 1. The number of fused-ring (bicyclic) bond motifs is 3. The van der Waals surface area contributed by atoms with Crippen molar-refractivity contribution in [3.05, 3.63) is 99.6 Å². The first kappa shape index (κ1) is 22.2. The third-order valence-electron chi connectivity index (χ3n) is 5.30. The number of rotatable bonds is 6. The first-order chi connectivity index (χ1) is 16.5. The second-order valence-corrected chi connectivity index (χ2v) is 8.98. The van der Waals surface area contributed by atoms with E-state index < -0.39 is 0 Å². The van der Waals surface area contributed by atoms with Crippen molar-refractivity contribution in [2.24, 2.45) is 0 Å². The number of nitrogens with zero attached hydrogens (tertiary/aromatic N) is 2. The molecule has 0 aliphatic rings. The zero-order valence-corrected chi connectivity index (χ0v) is 19.3. The van der Waals surface area contributed by atoms with Gasteiger partial charge < -0.3 is 10.3 Å². The average molecular weight is 493 g/mol. The van der Waals surface area contributed by atoms with Gasteiger partial charge in [-0.3, -0.25) is 14.2 Å². The molecule has 170 valence electrons. The summed E-state index contributed by atoms with van der Waals surface area (Å²) in [5.41, 5.74) is 2.80. The summed E-state index contributed by atoms with van der Waals surface area (Å²) in [7, 11) is 0. The van der Waals surface area contributed by atoms with Crippen LogP contribution in [0.3, 0.4) is 0 Å². The van der Waals surface area contributed by atoms with Gasteiger partial charge in [-0.2, -0.15) is 0 Å². The largest absolute Gasteiger partial charge is 0.351 e. The number of thioether (sulfide) groups is 1. The Bertz CT molecular complexity index is 1580. The van der Waals surface area contributed by atoms with Crippen LogP contribution in [-0.2, 0) is 11.3 Å². The van der Waals surface area contributed by atoms with Crippen molar-refractivity contribution in [3.8, 4) is 5.69 Å². The molecule has 0 unspecified atom stereocenters. The molecule has 2 aromatic heterocycles. The highest BCUT2D eigenvalue weighted by atomic mass is 35.5. The zero-order chi connectivity index (χ0) is 23.7. The van der Waals surface area contributed by atoms with E-state index >= 15 is 0 Å². The Balaban J connectivity index is 1.48. The van der Waals surface area contributed by atoms with E-state index in [-0.39, 0.29) is 29.6 Å². The molecule has 9 heteroatoms. The summed E-state index contributed by atoms with van der Waals surface area (Å²) >= 11 is 7.34. The van der Waals surface area contributed by atoms with E-state index in [9.17, 15) is 14.0 Å². The second kappa shape index (κ2) is 9.32. The maximum atomic E-state index is 13.5. The molecule has 0 atom stereocenters. The Morgan fingerprint density at radius 3 is 2.68 bits per heavy atom. The van der Waals surface area contributed by atoms with Gasteiger partial charge in [0.1, 0.15) is 16.9 Å². The molecule has 2 N–H and O–H groups in total. The van der Waals surface area contributed by atoms with Crippen molar-refractivity contribution < 1.29 is 9.18 Å². The zero-order valence-electron chi connectivity index (χ0n) is 17.7. The molecule has 5 aromatic rings. The van der Waals surface area contributed by atoms with Crippen molar-refractivity contribution in [1.29, 1.82) is 0 Å². The molecule has 3 aromatic carbocycles. The number of aromatic nitrogens is 3. The minimum atomic E-state index is -0.330. The van der Waals surface area contributed by atoms with Gasteiger partial charge in [-0.25, -0.2) is 9.37 Å². The average Bonchev–Trinajstić information content (AvgIpc) is 3.21. The molecule has 34 heavy (non-hydrogen) atoms. The molecule has 5 rings (SSSR count). The summed E-state index contributed by atoms with van der Waals surface area (Å²) in [5, 5.41) is 4.49. The van der Waals surface area contributed by atoms with Crippen LogP contribution in [-0.4, -0.2) is 26.2 Å². The molecular weight excluding hydrogens is 475 g/mol. The first-order valence-corrected chi connectivity index (χ1v) is 11.8. The molecule has 0 bridgehead atoms. The number of amides is 1. The minimum Gasteiger partial charge on any atom is -0.351 e. The van der Waals surface area contributed by atoms with Crippen LogP contribution in [0.1, 0.15) is 5.56 Å². The molecule has 0 aliphatic carbocycles. The van der Waals surface area contributed by atoms with Crippen LogP contribution in [0.2, 0.25) is 5.02 Å². The highest BCUT2D eigenvalue weighted by Crippen LogP contribution is 2.27. The van der Waals surface area contributed by atoms with Crippen LogP contribution >= 0.6 is 23.4 Å². The van der Waals surface area contributed by atoms with Gasteiger partial charge in [-0.15, -0.1) is 0 Å². The maximum Gasteiger partial charge on any atom is 0.283 e. The predicted octanol–water partition coefficient (Wildman–Crippen LogP) is 5.07. The van der Waals surface area contributed by atoms with Crippen molar-refractivity contribution >= 4 is 51.2 Å². The Labute approximate surface area is 202 Å². The summed E-state index contributed by atoms with van der Waals surface area (Å²) in [5.74, 6) is -0.522. The van der Waals surface area contributed by atoms with Crippen LogP contribution in [0.4, 0.5) is 4.39 Å². The number of hydrogen-bond donors (Lipinski definition) is 2. The highest BCUT2D eigenvalue weighted by molar-refractivity contribution is 7.99. The van der Waals surface area contributed by atoms with Gasteiger partial charge in [0.15, 0.2) is 5.16 Å². The monoisotopic (exact) mass is 492 g/mol. The first-order valence-electron chi connectivity index (χ1n) is 10.4. The molecule has 0 saturated heterocycles. The molecule has 1 amide bonds. The number of aromatic amines is 1. The standard InChI is InChI=1S/C25H18ClFN4O2S/c26-16-4-3-5-18(12-16)31-24(33)23-22(19-6-1-2-7-20(19)29-23)30-25(31)34-14-21(32)28-13-15-8-10-17(27)11-9-15/h1-12,29H,13-14H2,(H,28,32). The Morgan fingerprint density at radius 1 is 1.09 bits per heavy atom. The molecule has 0 saturated carbocycles. The van der Waals surface area contributed by atoms with Gasteiger partial charge in [0, 0.05) is 22.5 Å². The maximum absolute atomic E-state index is 13.5. The number of carbonyl (C=O) groups is 1. The Hall–Kier alpha value is -3.62. The summed E-state index contributed by atoms with van der Waals surface area (Å²) in [6, 6.07) is 20.4. The van der Waals surface area contributed by atoms with Crippen LogP contribution in [0.25, 0.3) is 27.6 Å². The van der Waals surface area contributed by atoms with Gasteiger partial charge in [-0.1, -0.05) is 59.8 Å². The number of halogens is 2. The number of para-hydroxylation sites is 1. The third kappa shape index (κ3) is 4.42. The van der Waals surface area contributed by atoms with Crippen molar-refractivity contribution in [2.75, 3.05) is 5.75 Å². The lowest BCUT2D eigenvalue weighted by Crippen LogP contribution is -2.26. The molecule has 0 aliphatic heterocycles. The van der Waals surface area contributed by atoms with Crippen LogP contribution in [0, 0.1) is 5.82 Å². The molecule has 0 spiro atoms. The minimum absolute atomic E-state index is 0.0437. The molecule has 6 nitrogen and oxygen atoms in total. The lowest BCUT2D eigenvalue weighted by molar-refractivity contribution is -0.118. The van der Waals surface area contributed by atoms with E-state index in [1.54, 1.807) is 36.4 Å². The fourth-order valence-corrected chi connectivity index (χ4v) is 4.69. The fraction of sp³-hybridized carbons (Fsp3) is 0.0800. The molecule has 0 radical (unpaired) electrons. The van der Waals surface area contributed by atoms with Gasteiger partial charge in [0.05, 0.1) is 11.4 Å². The van der Waals surface area contributed by atoms with E-state index in [4.69, 9.17) is 16.6 Å². The van der Waals surface area contributed by atoms with Gasteiger partial charge in [-0.05, 0) is 42.0 Å². The number of H-pyrrole nitrogens is 1. The summed E-state index contributed by atoms with van der Waals surface area (Å²) in [4.78, 5) is 34.0. The number of benzene rings is 3. The van der Waals surface area contributed by atoms with Gasteiger partial charge in [0.2, 0.25) is 5.91 Å². The van der Waals surface area contributed by atoms with Crippen molar-refractivity contribution in [2.45, 2.75) is 11.7 Å². The lowest BCUT2D eigenvalue weighted by Gasteiger charge is -2.12. The van der Waals surface area contributed by atoms with Crippen molar-refractivity contribution in [3.63, 3.8) is 0 Å². The summed E-state index contributed by atoms with van der Waals surface area (Å²) < 4.78 is 14.5. The molecular formula is C25H18ClFN4O2S. The molecule has 2 heterocycles. The smallest absolute Gasteiger partial charge is 0.283 e. The Kier molecular flexibility index (Phi) is 6.08. The van der Waals surface area contributed by atoms with Gasteiger partial charge in [0.25, 0.3) is 5.56 Å². The van der Waals surface area contributed by atoms with E-state index in [0.717, 1.165) is 28.2 Å². The third-order valence-corrected chi connectivity index (χ3v) is 6.47. The Morgan fingerprint density at radius 2 is 1.88 bits per heavy atom. The summed E-state index contributed by atoms with van der Waals surface area (Å²) in [6.07, 6.45) is 0. The second-order valence-electron chi connectivity index (χ2n) is 7.60. The van der Waals surface area contributed by atoms with Crippen LogP contribution in [0.15, 0.2) is 82.7 Å². The van der Waals surface area contributed by atoms with Gasteiger partial charge >= 0.3 is 0 Å². The number of hydrogen-bond acceptors (Lipinski definition) is 4. The predicted molar refractivity (Wildman–Crippen MR) is 133 cm³/mol. The lowest BCUT2D eigenvalue weighted by atomic mass is 10.2. The van der Waals surface area contributed by atoms with E-state index in [2.05, 4.69) is 10.3 Å². The summed E-state index contributed by atoms with van der Waals surface area (Å²) in [6.45, 7) is 0.273. The van der Waals surface area contributed by atoms with E-state index in [1.807, 2.05) is 24.3 Å². The highest BCUT2D eigenvalue weighted by Gasteiger charge is 2.18.